The Morgan fingerprint density at radius 2 is 1.09 bits per heavy atom. The molecular formula is C88H153Cl2N11O20. The van der Waals surface area contributed by atoms with Crippen molar-refractivity contribution in [3.8, 4) is 6.07 Å². The van der Waals surface area contributed by atoms with Gasteiger partial charge in [0.15, 0.2) is 6.35 Å². The monoisotopic (exact) mass is 1750 g/mol. The Morgan fingerprint density at radius 1 is 0.521 bits per heavy atom. The maximum atomic E-state index is 13.2. The third-order valence-corrected chi connectivity index (χ3v) is 27.3. The number of hydrogen-bond donors (Lipinski definition) is 5. The van der Waals surface area contributed by atoms with E-state index >= 15 is 0 Å². The second-order valence-electron chi connectivity index (χ2n) is 34.8. The van der Waals surface area contributed by atoms with Gasteiger partial charge in [-0.2, -0.15) is 5.26 Å². The number of carbonyl (C=O) groups excluding carboxylic acids is 5. The first-order valence-electron chi connectivity index (χ1n) is 47.0. The molecule has 0 aromatic heterocycles. The number of alkyl halides is 2. The number of unbranched alkanes of at least 4 members (excludes halogenated alkanes) is 5. The molecule has 6 saturated heterocycles. The van der Waals surface area contributed by atoms with Crippen molar-refractivity contribution < 1.29 is 95.0 Å². The van der Waals surface area contributed by atoms with Gasteiger partial charge in [0.25, 0.3) is 0 Å². The first-order chi connectivity index (χ1) is 59.4. The molecule has 0 spiro atoms. The molecular weight excluding hydrogens is 1600 g/mol. The van der Waals surface area contributed by atoms with Crippen LogP contribution in [0.1, 0.15) is 174 Å². The first kappa shape index (κ1) is 99.8. The van der Waals surface area contributed by atoms with Gasteiger partial charge in [-0.1, -0.05) is 71.1 Å². The average Bonchev–Trinajstić information content (AvgIpc) is 1.77. The van der Waals surface area contributed by atoms with Crippen LogP contribution >= 0.6 is 23.2 Å². The van der Waals surface area contributed by atoms with Crippen LogP contribution in [-0.2, 0) is 90.2 Å². The number of ether oxygens (including phenoxy) is 15. The molecule has 0 radical (unpaired) electrons. The van der Waals surface area contributed by atoms with E-state index < -0.39 is 6.04 Å². The summed E-state index contributed by atoms with van der Waals surface area (Å²) in [6.07, 6.45) is 25.4. The second-order valence-corrected chi connectivity index (χ2v) is 36.0. The summed E-state index contributed by atoms with van der Waals surface area (Å²) in [7, 11) is 0. The van der Waals surface area contributed by atoms with Crippen molar-refractivity contribution in [2.45, 2.75) is 233 Å². The number of carbonyl (C=O) groups is 5. The van der Waals surface area contributed by atoms with Gasteiger partial charge in [0.1, 0.15) is 6.04 Å². The first-order valence-corrected chi connectivity index (χ1v) is 47.9. The van der Waals surface area contributed by atoms with Gasteiger partial charge in [-0.3, -0.25) is 49.8 Å². The number of nitrogens with one attached hydrogen (secondary N) is 5. The minimum atomic E-state index is -0.559. The number of likely N-dealkylation sites (tertiary alicyclic amines) is 3. The largest absolute Gasteiger partial charge is 0.379 e. The molecule has 5 N–H and O–H groups in total. The SMILES string of the molecule is CCC(=O)N1CCN(C2NC(OC[C@@H]3CCCN3CCOCCOCCOCCOCCOCCOCCOCCOCCOCCOCCOCCOCCOCCOCCCCCCCCC3CC(Cl)CC(NC(=O)NCC4CCC5C(=O)N(C6CCC(=O)NC6=O)CC5C4)C3)NC3CN(C4CCCC5CCCC(Cl)C54)CCC32)CC1CC#N. The number of imide groups is 1. The standard InChI is InChI=1S/C88H153Cl2N11O20/c1-2-82(103)100-28-27-99(64-73(100)22-24-91)84-76-23-26-98(79-17-10-14-69-13-9-16-77(90)83(69)79)65-78(76)94-88(96-84)121-66-74-15-11-25-97(74)29-31-108-33-35-110-37-39-112-41-43-114-45-47-116-49-51-118-53-55-120-57-56-119-54-52-117-50-48-115-46-44-113-42-40-111-38-36-109-34-32-107-30-8-6-4-3-5-7-12-67-59-71(89)61-72(60-67)93-87(106)92-62-68-18-19-75-70(58-68)63-101(86(75)105)80-20-21-81(102)95-85(80)104/h67-80,83-84,88,94,96H,2-23,25-66H2,1H3,(H2,92,93,106)(H,95,102,104)/t67?,68?,69?,70?,71?,72?,73?,74-,75?,76?,77?,78?,79?,80?,83?,84?,88?/m0/s1. The van der Waals surface area contributed by atoms with Crippen LogP contribution in [0.5, 0.6) is 0 Å². The molecule has 16 unspecified atom stereocenters. The molecule has 0 aromatic carbocycles. The average molecular weight is 1760 g/mol. The quantitative estimate of drug-likeness (QED) is 0.0230. The fourth-order valence-corrected chi connectivity index (χ4v) is 21.3. The number of hydrogen-bond acceptors (Lipinski definition) is 26. The lowest BCUT2D eigenvalue weighted by molar-refractivity contribution is -0.144. The van der Waals surface area contributed by atoms with Gasteiger partial charge in [0, 0.05) is 112 Å². The highest BCUT2D eigenvalue weighted by atomic mass is 35.5. The Hall–Kier alpha value is -3.38. The fraction of sp³-hybridized carbons (Fsp3) is 0.932. The Balaban J connectivity index is 0.412. The van der Waals surface area contributed by atoms with E-state index in [2.05, 4.69) is 47.4 Å². The third-order valence-electron chi connectivity index (χ3n) is 26.5. The van der Waals surface area contributed by atoms with Crippen LogP contribution < -0.4 is 26.6 Å². The van der Waals surface area contributed by atoms with Crippen molar-refractivity contribution >= 4 is 52.9 Å². The highest BCUT2D eigenvalue weighted by Gasteiger charge is 2.51. The molecule has 10 aliphatic rings. The molecule has 10 rings (SSSR count). The molecule has 6 heterocycles. The molecule has 0 bridgehead atoms. The lowest BCUT2D eigenvalue weighted by Crippen LogP contribution is -2.74. The number of piperazine rings is 1. The Kier molecular flexibility index (Phi) is 48.6. The molecule has 33 heteroatoms. The predicted octanol–water partition coefficient (Wildman–Crippen LogP) is 7.09. The lowest BCUT2D eigenvalue weighted by atomic mass is 9.67. The molecule has 694 valence electrons. The van der Waals surface area contributed by atoms with Crippen molar-refractivity contribution in [3.63, 3.8) is 0 Å². The van der Waals surface area contributed by atoms with Gasteiger partial charge in [-0.05, 0) is 126 Å². The van der Waals surface area contributed by atoms with Gasteiger partial charge >= 0.3 is 6.03 Å². The maximum absolute atomic E-state index is 13.2. The van der Waals surface area contributed by atoms with E-state index in [1.807, 2.05) is 11.8 Å². The highest BCUT2D eigenvalue weighted by Crippen LogP contribution is 2.47. The Morgan fingerprint density at radius 3 is 1.68 bits per heavy atom. The molecule has 17 atom stereocenters. The van der Waals surface area contributed by atoms with Crippen molar-refractivity contribution in [2.24, 2.45) is 41.4 Å². The zero-order valence-corrected chi connectivity index (χ0v) is 74.7. The summed E-state index contributed by atoms with van der Waals surface area (Å²) in [6.45, 7) is 23.9. The highest BCUT2D eigenvalue weighted by molar-refractivity contribution is 6.21. The second kappa shape index (κ2) is 59.0. The van der Waals surface area contributed by atoms with Gasteiger partial charge in [-0.25, -0.2) is 4.79 Å². The van der Waals surface area contributed by atoms with E-state index in [9.17, 15) is 29.2 Å². The summed E-state index contributed by atoms with van der Waals surface area (Å²) in [5, 5.41) is 26.8. The summed E-state index contributed by atoms with van der Waals surface area (Å²) < 4.78 is 86.2. The number of fused-ring (bicyclic) bond motifs is 3. The summed E-state index contributed by atoms with van der Waals surface area (Å²) in [5.41, 5.74) is 0. The summed E-state index contributed by atoms with van der Waals surface area (Å²) in [6, 6.07) is 2.73. The molecule has 0 aromatic rings. The summed E-state index contributed by atoms with van der Waals surface area (Å²) in [4.78, 5) is 74.8. The zero-order valence-electron chi connectivity index (χ0n) is 73.2. The molecule has 6 aliphatic heterocycles. The molecule has 121 heavy (non-hydrogen) atoms. The van der Waals surface area contributed by atoms with Gasteiger partial charge in [-0.15, -0.1) is 23.2 Å². The van der Waals surface area contributed by atoms with Crippen molar-refractivity contribution in [3.05, 3.63) is 0 Å². The van der Waals surface area contributed by atoms with Crippen LogP contribution in [-0.4, -0.2) is 364 Å². The lowest BCUT2D eigenvalue weighted by Gasteiger charge is -2.56. The Labute approximate surface area is 731 Å². The third kappa shape index (κ3) is 35.9. The molecule has 6 amide bonds. The van der Waals surface area contributed by atoms with Gasteiger partial charge in [0.05, 0.1) is 210 Å². The van der Waals surface area contributed by atoms with Gasteiger partial charge < -0.3 is 91.5 Å². The smallest absolute Gasteiger partial charge is 0.315 e. The fourth-order valence-electron chi connectivity index (χ4n) is 20.3. The number of urea groups is 1. The van der Waals surface area contributed by atoms with Crippen molar-refractivity contribution in [1.82, 2.24) is 51.1 Å². The zero-order chi connectivity index (χ0) is 84.7. The molecule has 4 saturated carbocycles. The van der Waals surface area contributed by atoms with E-state index in [1.54, 1.807) is 4.90 Å². The minimum Gasteiger partial charge on any atom is -0.379 e. The van der Waals surface area contributed by atoms with Crippen LogP contribution in [0.3, 0.4) is 0 Å². The number of nitriles is 1. The van der Waals surface area contributed by atoms with Gasteiger partial charge in [0.2, 0.25) is 23.6 Å². The topological polar surface area (TPSA) is 324 Å². The number of piperidine rings is 2. The summed E-state index contributed by atoms with van der Waals surface area (Å²) >= 11 is 13.9. The number of amides is 6. The Bertz CT molecular complexity index is 2920. The molecule has 4 aliphatic carbocycles. The van der Waals surface area contributed by atoms with Crippen LogP contribution in [0, 0.1) is 52.8 Å². The van der Waals surface area contributed by atoms with E-state index in [0.717, 1.165) is 129 Å². The maximum Gasteiger partial charge on any atom is 0.315 e. The van der Waals surface area contributed by atoms with Crippen LogP contribution in [0.2, 0.25) is 0 Å². The van der Waals surface area contributed by atoms with E-state index in [4.69, 9.17) is 94.3 Å². The van der Waals surface area contributed by atoms with Crippen LogP contribution in [0.15, 0.2) is 0 Å². The molecule has 31 nitrogen and oxygen atoms in total. The van der Waals surface area contributed by atoms with E-state index in [-0.39, 0.29) is 95.2 Å². The normalized spacial score (nSPS) is 29.4. The molecule has 10 fully saturated rings. The number of rotatable bonds is 62. The summed E-state index contributed by atoms with van der Waals surface area (Å²) in [5.74, 6) is 2.10. The van der Waals surface area contributed by atoms with E-state index in [1.165, 1.54) is 57.8 Å². The van der Waals surface area contributed by atoms with Crippen molar-refractivity contribution in [1.29, 1.82) is 5.26 Å². The van der Waals surface area contributed by atoms with E-state index in [0.29, 0.717) is 260 Å². The van der Waals surface area contributed by atoms with Crippen LogP contribution in [0.4, 0.5) is 4.79 Å². The van der Waals surface area contributed by atoms with Crippen molar-refractivity contribution in [2.75, 3.05) is 251 Å². The number of halogens is 2. The van der Waals surface area contributed by atoms with Crippen LogP contribution in [0.25, 0.3) is 0 Å². The number of nitrogens with zero attached hydrogens (tertiary/aromatic N) is 6. The minimum absolute atomic E-state index is 0.0341. The predicted molar refractivity (Wildman–Crippen MR) is 457 cm³/mol.